The third-order valence-corrected chi connectivity index (χ3v) is 3.18. The molecular formula is C14H20F3N. The van der Waals surface area contributed by atoms with Gasteiger partial charge in [0, 0.05) is 12.5 Å². The number of alkyl halides is 3. The lowest BCUT2D eigenvalue weighted by Gasteiger charge is -2.23. The van der Waals surface area contributed by atoms with Crippen LogP contribution in [0.4, 0.5) is 13.2 Å². The monoisotopic (exact) mass is 259 g/mol. The normalized spacial score (nSPS) is 15.4. The first-order valence-corrected chi connectivity index (χ1v) is 6.31. The zero-order valence-corrected chi connectivity index (χ0v) is 10.6. The number of rotatable bonds is 6. The van der Waals surface area contributed by atoms with E-state index in [0.717, 1.165) is 12.0 Å². The van der Waals surface area contributed by atoms with Crippen LogP contribution >= 0.6 is 0 Å². The highest BCUT2D eigenvalue weighted by molar-refractivity contribution is 5.20. The van der Waals surface area contributed by atoms with E-state index in [2.05, 4.69) is 0 Å². The molecule has 0 bridgehead atoms. The highest BCUT2D eigenvalue weighted by atomic mass is 19.4. The Balaban J connectivity index is 2.51. The fourth-order valence-electron chi connectivity index (χ4n) is 2.23. The molecule has 1 aromatic rings. The van der Waals surface area contributed by atoms with Crippen LogP contribution in [0.25, 0.3) is 0 Å². The Hall–Kier alpha value is -1.03. The minimum absolute atomic E-state index is 0.105. The van der Waals surface area contributed by atoms with Gasteiger partial charge in [0.05, 0.1) is 0 Å². The molecule has 4 heteroatoms. The topological polar surface area (TPSA) is 26.0 Å². The average Bonchev–Trinajstić information content (AvgIpc) is 2.29. The second kappa shape index (κ2) is 6.78. The van der Waals surface area contributed by atoms with Crippen LogP contribution < -0.4 is 5.73 Å². The van der Waals surface area contributed by atoms with E-state index in [4.69, 9.17) is 5.73 Å². The molecule has 2 N–H and O–H groups in total. The van der Waals surface area contributed by atoms with Crippen LogP contribution in [0.1, 0.15) is 44.1 Å². The summed E-state index contributed by atoms with van der Waals surface area (Å²) < 4.78 is 36.2. The molecule has 0 saturated carbocycles. The van der Waals surface area contributed by atoms with Crippen LogP contribution in [0.3, 0.4) is 0 Å². The summed E-state index contributed by atoms with van der Waals surface area (Å²) >= 11 is 0. The number of hydrogen-bond acceptors (Lipinski definition) is 1. The Labute approximate surface area is 106 Å². The second-order valence-corrected chi connectivity index (χ2v) is 4.60. The molecular weight excluding hydrogens is 239 g/mol. The minimum Gasteiger partial charge on any atom is -0.327 e. The molecule has 1 nitrogen and oxygen atoms in total. The van der Waals surface area contributed by atoms with E-state index < -0.39 is 12.6 Å². The average molecular weight is 259 g/mol. The van der Waals surface area contributed by atoms with Crippen molar-refractivity contribution in [2.24, 2.45) is 5.73 Å². The smallest absolute Gasteiger partial charge is 0.327 e. The first kappa shape index (κ1) is 15.0. The van der Waals surface area contributed by atoms with Gasteiger partial charge in [-0.3, -0.25) is 0 Å². The lowest BCUT2D eigenvalue weighted by molar-refractivity contribution is -0.135. The standard InChI is InChI=1S/C14H20F3N/c1-2-12(11-7-4-3-5-8-11)13(18)9-6-10-14(15,16)17/h3-5,7-8,12-13H,2,6,9-10,18H2,1H3. The van der Waals surface area contributed by atoms with Crippen molar-refractivity contribution in [3.05, 3.63) is 35.9 Å². The van der Waals surface area contributed by atoms with E-state index in [1.165, 1.54) is 0 Å². The van der Waals surface area contributed by atoms with Gasteiger partial charge in [0.1, 0.15) is 0 Å². The number of nitrogens with two attached hydrogens (primary N) is 1. The lowest BCUT2D eigenvalue weighted by atomic mass is 9.87. The maximum Gasteiger partial charge on any atom is 0.389 e. The molecule has 18 heavy (non-hydrogen) atoms. The number of benzene rings is 1. The van der Waals surface area contributed by atoms with Crippen molar-refractivity contribution in [3.63, 3.8) is 0 Å². The summed E-state index contributed by atoms with van der Waals surface area (Å²) in [7, 11) is 0. The third-order valence-electron chi connectivity index (χ3n) is 3.18. The largest absolute Gasteiger partial charge is 0.389 e. The van der Waals surface area contributed by atoms with E-state index >= 15 is 0 Å². The summed E-state index contributed by atoms with van der Waals surface area (Å²) in [5, 5.41) is 0. The molecule has 0 fully saturated rings. The Morgan fingerprint density at radius 2 is 1.78 bits per heavy atom. The van der Waals surface area contributed by atoms with Gasteiger partial charge in [-0.25, -0.2) is 0 Å². The summed E-state index contributed by atoms with van der Waals surface area (Å²) in [6.45, 7) is 2.02. The van der Waals surface area contributed by atoms with Crippen molar-refractivity contribution in [3.8, 4) is 0 Å². The summed E-state index contributed by atoms with van der Waals surface area (Å²) in [6.07, 6.45) is -3.46. The zero-order valence-electron chi connectivity index (χ0n) is 10.6. The van der Waals surface area contributed by atoms with Gasteiger partial charge >= 0.3 is 6.18 Å². The predicted molar refractivity (Wildman–Crippen MR) is 67.4 cm³/mol. The fourth-order valence-corrected chi connectivity index (χ4v) is 2.23. The van der Waals surface area contributed by atoms with Gasteiger partial charge in [-0.2, -0.15) is 13.2 Å². The number of halogens is 3. The van der Waals surface area contributed by atoms with Gasteiger partial charge in [-0.15, -0.1) is 0 Å². The highest BCUT2D eigenvalue weighted by Gasteiger charge is 2.27. The maximum atomic E-state index is 12.1. The third kappa shape index (κ3) is 5.08. The first-order valence-electron chi connectivity index (χ1n) is 6.31. The predicted octanol–water partition coefficient (Wildman–Crippen LogP) is 4.24. The molecule has 0 spiro atoms. The molecule has 2 atom stereocenters. The SMILES string of the molecule is CCC(c1ccccc1)C(N)CCCC(F)(F)F. The Bertz CT molecular complexity index is 335. The van der Waals surface area contributed by atoms with Crippen molar-refractivity contribution < 1.29 is 13.2 Å². The molecule has 1 rings (SSSR count). The van der Waals surface area contributed by atoms with Gasteiger partial charge in [0.15, 0.2) is 0 Å². The highest BCUT2D eigenvalue weighted by Crippen LogP contribution is 2.27. The maximum absolute atomic E-state index is 12.1. The molecule has 0 aliphatic carbocycles. The van der Waals surface area contributed by atoms with Gasteiger partial charge in [0.2, 0.25) is 0 Å². The van der Waals surface area contributed by atoms with Gasteiger partial charge in [-0.1, -0.05) is 37.3 Å². The molecule has 102 valence electrons. The molecule has 0 aliphatic heterocycles. The van der Waals surface area contributed by atoms with E-state index in [1.807, 2.05) is 37.3 Å². The first-order chi connectivity index (χ1) is 8.44. The van der Waals surface area contributed by atoms with E-state index in [1.54, 1.807) is 0 Å². The molecule has 0 heterocycles. The van der Waals surface area contributed by atoms with Gasteiger partial charge in [0.25, 0.3) is 0 Å². The van der Waals surface area contributed by atoms with Gasteiger partial charge < -0.3 is 5.73 Å². The zero-order chi connectivity index (χ0) is 13.6. The summed E-state index contributed by atoms with van der Waals surface area (Å²) in [6, 6.07) is 9.54. The van der Waals surface area contributed by atoms with Crippen LogP contribution in [0, 0.1) is 0 Å². The Morgan fingerprint density at radius 3 is 2.28 bits per heavy atom. The van der Waals surface area contributed by atoms with E-state index in [0.29, 0.717) is 6.42 Å². The Kier molecular flexibility index (Phi) is 5.66. The second-order valence-electron chi connectivity index (χ2n) is 4.60. The molecule has 1 aromatic carbocycles. The molecule has 2 unspecified atom stereocenters. The minimum atomic E-state index is -4.08. The molecule has 0 aromatic heterocycles. The summed E-state index contributed by atoms with van der Waals surface area (Å²) in [4.78, 5) is 0. The molecule has 0 radical (unpaired) electrons. The van der Waals surface area contributed by atoms with Gasteiger partial charge in [-0.05, 0) is 30.7 Å². The summed E-state index contributed by atoms with van der Waals surface area (Å²) in [5.41, 5.74) is 7.13. The lowest BCUT2D eigenvalue weighted by Crippen LogP contribution is -2.28. The van der Waals surface area contributed by atoms with E-state index in [-0.39, 0.29) is 18.4 Å². The Morgan fingerprint density at radius 1 is 1.17 bits per heavy atom. The molecule has 0 saturated heterocycles. The fraction of sp³-hybridized carbons (Fsp3) is 0.571. The quantitative estimate of drug-likeness (QED) is 0.812. The van der Waals surface area contributed by atoms with Crippen molar-refractivity contribution >= 4 is 0 Å². The van der Waals surface area contributed by atoms with Crippen LogP contribution in [-0.4, -0.2) is 12.2 Å². The van der Waals surface area contributed by atoms with Crippen molar-refractivity contribution in [1.29, 1.82) is 0 Å². The van der Waals surface area contributed by atoms with Crippen molar-refractivity contribution in [2.75, 3.05) is 0 Å². The number of hydrogen-bond donors (Lipinski definition) is 1. The van der Waals surface area contributed by atoms with Crippen molar-refractivity contribution in [2.45, 2.75) is 50.7 Å². The van der Waals surface area contributed by atoms with Crippen LogP contribution in [0.5, 0.6) is 0 Å². The van der Waals surface area contributed by atoms with Crippen LogP contribution in [-0.2, 0) is 0 Å². The van der Waals surface area contributed by atoms with Crippen LogP contribution in [0.2, 0.25) is 0 Å². The van der Waals surface area contributed by atoms with E-state index in [9.17, 15) is 13.2 Å². The van der Waals surface area contributed by atoms with Crippen LogP contribution in [0.15, 0.2) is 30.3 Å². The summed E-state index contributed by atoms with van der Waals surface area (Å²) in [5.74, 6) is 0.138. The molecule has 0 aliphatic rings. The molecule has 0 amide bonds. The van der Waals surface area contributed by atoms with Crippen molar-refractivity contribution in [1.82, 2.24) is 0 Å².